The summed E-state index contributed by atoms with van der Waals surface area (Å²) < 4.78 is 22.2. The Bertz CT molecular complexity index is 1540. The average molecular weight is 609 g/mol. The summed E-state index contributed by atoms with van der Waals surface area (Å²) in [4.78, 5) is 42.7. The first-order valence-corrected chi connectivity index (χ1v) is 14.2. The van der Waals surface area contributed by atoms with E-state index in [2.05, 4.69) is 21.1 Å². The lowest BCUT2D eigenvalue weighted by molar-refractivity contribution is 0.0371. The Morgan fingerprint density at radius 1 is 1.07 bits per heavy atom. The van der Waals surface area contributed by atoms with Crippen LogP contribution in [-0.2, 0) is 0 Å². The van der Waals surface area contributed by atoms with Gasteiger partial charge in [0.05, 0.1) is 24.8 Å². The minimum absolute atomic E-state index is 0.132. The van der Waals surface area contributed by atoms with Gasteiger partial charge in [0.2, 0.25) is 6.79 Å². The lowest BCUT2D eigenvalue weighted by Crippen LogP contribution is -2.50. The van der Waals surface area contributed by atoms with Crippen LogP contribution in [-0.4, -0.2) is 83.7 Å². The quantitative estimate of drug-likeness (QED) is 0.309. The van der Waals surface area contributed by atoms with Crippen LogP contribution in [0.4, 0.5) is 26.7 Å². The Morgan fingerprint density at radius 3 is 2.48 bits per heavy atom. The number of aryl methyl sites for hydroxylation is 2. The van der Waals surface area contributed by atoms with Crippen molar-refractivity contribution in [2.45, 2.75) is 39.8 Å². The van der Waals surface area contributed by atoms with E-state index in [1.807, 2.05) is 6.92 Å². The van der Waals surface area contributed by atoms with Gasteiger partial charge in [0.1, 0.15) is 23.2 Å². The van der Waals surface area contributed by atoms with Gasteiger partial charge in [-0.2, -0.15) is 0 Å². The number of nitrogens with zero attached hydrogens (tertiary/aromatic N) is 3. The van der Waals surface area contributed by atoms with Crippen molar-refractivity contribution in [3.63, 3.8) is 0 Å². The highest BCUT2D eigenvalue weighted by Gasteiger charge is 2.34. The zero-order chi connectivity index (χ0) is 31.5. The standard InChI is InChI=1S/C30H36N6O8/c1-16-12-36(17(2)14-37)28(38)22-10-20(31-29(39)33-27-18(3)34-44-19(27)4)6-8-23(22)43-26(16)13-35(5)30(40)32-21-7-9-24-25(11-21)42-15-41-24/h6-11,16-17,26,37H,12-15H2,1-5H3,(H,32,40)(H2,31,33,39)/t16-,17-,26-/m0/s1. The van der Waals surface area contributed by atoms with Crippen LogP contribution in [0, 0.1) is 19.8 Å². The lowest BCUT2D eigenvalue weighted by atomic mass is 9.99. The minimum atomic E-state index is -0.541. The highest BCUT2D eigenvalue weighted by atomic mass is 16.7. The molecule has 2 aliphatic rings. The molecule has 0 saturated heterocycles. The van der Waals surface area contributed by atoms with Gasteiger partial charge in [-0.15, -0.1) is 0 Å². The summed E-state index contributed by atoms with van der Waals surface area (Å²) in [5, 5.41) is 22.1. The van der Waals surface area contributed by atoms with Crippen molar-refractivity contribution in [3.8, 4) is 17.2 Å². The number of aliphatic hydroxyl groups is 1. The van der Waals surface area contributed by atoms with E-state index in [4.69, 9.17) is 18.7 Å². The second-order valence-electron chi connectivity index (χ2n) is 11.0. The fraction of sp³-hybridized carbons (Fsp3) is 0.400. The Hall–Kier alpha value is -4.98. The second kappa shape index (κ2) is 12.7. The number of nitrogens with one attached hydrogen (secondary N) is 3. The molecular formula is C30H36N6O8. The molecule has 0 aliphatic carbocycles. The maximum Gasteiger partial charge on any atom is 0.323 e. The van der Waals surface area contributed by atoms with Gasteiger partial charge >= 0.3 is 12.1 Å². The molecule has 44 heavy (non-hydrogen) atoms. The molecule has 0 spiro atoms. The third-order valence-electron chi connectivity index (χ3n) is 7.62. The van der Waals surface area contributed by atoms with Crippen LogP contribution in [0.1, 0.15) is 35.7 Å². The van der Waals surface area contributed by atoms with E-state index >= 15 is 0 Å². The van der Waals surface area contributed by atoms with Crippen LogP contribution in [0.3, 0.4) is 0 Å². The molecule has 2 aromatic carbocycles. The maximum atomic E-state index is 13.7. The van der Waals surface area contributed by atoms with Crippen LogP contribution in [0.2, 0.25) is 0 Å². The van der Waals surface area contributed by atoms with Crippen molar-refractivity contribution in [2.75, 3.05) is 49.5 Å². The van der Waals surface area contributed by atoms with Crippen LogP contribution < -0.4 is 30.2 Å². The predicted molar refractivity (Wildman–Crippen MR) is 160 cm³/mol. The van der Waals surface area contributed by atoms with Gasteiger partial charge < -0.3 is 49.6 Å². The average Bonchev–Trinajstić information content (AvgIpc) is 3.60. The van der Waals surface area contributed by atoms with Crippen LogP contribution in [0.15, 0.2) is 40.9 Å². The number of hydrogen-bond acceptors (Lipinski definition) is 9. The van der Waals surface area contributed by atoms with E-state index in [0.29, 0.717) is 45.8 Å². The lowest BCUT2D eigenvalue weighted by Gasteiger charge is -2.38. The van der Waals surface area contributed by atoms with E-state index in [1.165, 1.54) is 11.0 Å². The largest absolute Gasteiger partial charge is 0.487 e. The summed E-state index contributed by atoms with van der Waals surface area (Å²) in [5.41, 5.74) is 2.11. The molecule has 3 heterocycles. The van der Waals surface area contributed by atoms with E-state index in [1.54, 1.807) is 63.1 Å². The first kappa shape index (κ1) is 30.5. The third kappa shape index (κ3) is 6.49. The number of benzene rings is 2. The van der Waals surface area contributed by atoms with Crippen molar-refractivity contribution in [1.29, 1.82) is 0 Å². The van der Waals surface area contributed by atoms with Gasteiger partial charge in [-0.1, -0.05) is 12.1 Å². The van der Waals surface area contributed by atoms with Crippen molar-refractivity contribution in [1.82, 2.24) is 15.0 Å². The molecular weight excluding hydrogens is 572 g/mol. The molecule has 3 atom stereocenters. The van der Waals surface area contributed by atoms with Gasteiger partial charge in [0.25, 0.3) is 5.91 Å². The summed E-state index contributed by atoms with van der Waals surface area (Å²) in [6.07, 6.45) is -0.510. The summed E-state index contributed by atoms with van der Waals surface area (Å²) in [5.74, 6) is 1.36. The second-order valence-corrected chi connectivity index (χ2v) is 11.0. The number of amides is 5. The highest BCUT2D eigenvalue weighted by molar-refractivity contribution is 6.03. The molecule has 0 saturated carbocycles. The Labute approximate surface area is 254 Å². The minimum Gasteiger partial charge on any atom is -0.487 e. The molecule has 0 radical (unpaired) electrons. The van der Waals surface area contributed by atoms with E-state index in [-0.39, 0.29) is 49.9 Å². The van der Waals surface area contributed by atoms with Crippen molar-refractivity contribution in [2.24, 2.45) is 5.92 Å². The van der Waals surface area contributed by atoms with Crippen LogP contribution in [0.5, 0.6) is 17.2 Å². The third-order valence-corrected chi connectivity index (χ3v) is 7.62. The number of carbonyl (C=O) groups excluding carboxylic acids is 3. The number of ether oxygens (including phenoxy) is 3. The monoisotopic (exact) mass is 608 g/mol. The smallest absolute Gasteiger partial charge is 0.323 e. The predicted octanol–water partition coefficient (Wildman–Crippen LogP) is 4.05. The fourth-order valence-corrected chi connectivity index (χ4v) is 5.00. The van der Waals surface area contributed by atoms with Gasteiger partial charge in [-0.3, -0.25) is 4.79 Å². The highest BCUT2D eigenvalue weighted by Crippen LogP contribution is 2.35. The molecule has 5 amide bonds. The van der Waals surface area contributed by atoms with Gasteiger partial charge in [0, 0.05) is 37.0 Å². The molecule has 234 valence electrons. The van der Waals surface area contributed by atoms with E-state index < -0.39 is 18.2 Å². The summed E-state index contributed by atoms with van der Waals surface area (Å²) in [6.45, 7) is 7.44. The summed E-state index contributed by atoms with van der Waals surface area (Å²) in [7, 11) is 1.65. The van der Waals surface area contributed by atoms with Crippen LogP contribution >= 0.6 is 0 Å². The topological polar surface area (TPSA) is 168 Å². The molecule has 2 aliphatic heterocycles. The number of anilines is 3. The molecule has 14 heteroatoms. The molecule has 3 aromatic rings. The zero-order valence-electron chi connectivity index (χ0n) is 25.2. The normalized spacial score (nSPS) is 18.0. The first-order chi connectivity index (χ1) is 21.0. The number of rotatable bonds is 7. The van der Waals surface area contributed by atoms with E-state index in [0.717, 1.165) is 0 Å². The Balaban J connectivity index is 1.34. The first-order valence-electron chi connectivity index (χ1n) is 14.2. The number of urea groups is 2. The molecule has 5 rings (SSSR count). The fourth-order valence-electron chi connectivity index (χ4n) is 5.00. The zero-order valence-corrected chi connectivity index (χ0v) is 25.2. The van der Waals surface area contributed by atoms with Gasteiger partial charge in [-0.05, 0) is 51.1 Å². The molecule has 4 N–H and O–H groups in total. The summed E-state index contributed by atoms with van der Waals surface area (Å²) >= 11 is 0. The number of hydrogen-bond donors (Lipinski definition) is 4. The SMILES string of the molecule is Cc1noc(C)c1NC(=O)Nc1ccc2c(c1)C(=O)N([C@@H](C)CO)C[C@H](C)[C@H](CN(C)C(=O)Nc1ccc3c(c1)OCO3)O2. The van der Waals surface area contributed by atoms with Crippen molar-refractivity contribution >= 4 is 35.0 Å². The number of likely N-dealkylation sites (N-methyl/N-ethyl adjacent to an activating group) is 1. The number of aliphatic hydroxyl groups excluding tert-OH is 1. The molecule has 1 aromatic heterocycles. The number of fused-ring (bicyclic) bond motifs is 2. The molecule has 0 bridgehead atoms. The van der Waals surface area contributed by atoms with Gasteiger partial charge in [-0.25, -0.2) is 9.59 Å². The van der Waals surface area contributed by atoms with Gasteiger partial charge in [0.15, 0.2) is 17.3 Å². The molecule has 14 nitrogen and oxygen atoms in total. The molecule has 0 fully saturated rings. The van der Waals surface area contributed by atoms with Crippen molar-refractivity contribution in [3.05, 3.63) is 53.4 Å². The Morgan fingerprint density at radius 2 is 1.77 bits per heavy atom. The van der Waals surface area contributed by atoms with Crippen LogP contribution in [0.25, 0.3) is 0 Å². The summed E-state index contributed by atoms with van der Waals surface area (Å²) in [6, 6.07) is 8.53. The number of aromatic nitrogens is 1. The van der Waals surface area contributed by atoms with Crippen molar-refractivity contribution < 1.29 is 38.2 Å². The number of carbonyl (C=O) groups is 3. The Kier molecular flexibility index (Phi) is 8.81. The van der Waals surface area contributed by atoms with E-state index in [9.17, 15) is 19.5 Å². The maximum absolute atomic E-state index is 13.7. The molecule has 0 unspecified atom stereocenters.